The van der Waals surface area contributed by atoms with E-state index in [0.717, 1.165) is 21.4 Å². The van der Waals surface area contributed by atoms with Crippen LogP contribution in [0.25, 0.3) is 10.9 Å². The van der Waals surface area contributed by atoms with Gasteiger partial charge in [-0.05, 0) is 60.8 Å². The number of fused-ring (bicyclic) bond motifs is 1. The molecule has 2 atom stereocenters. The van der Waals surface area contributed by atoms with Crippen LogP contribution in [0.4, 0.5) is 0 Å². The SMILES string of the molecule is C=NC(Cc1c[nH]c2ccc(Oc3ccc(C(=O)O)cc3)cc12)C(=O)N([CH2-])C([CH2-])C#N.[Y]. The average molecular weight is 505 g/mol. The minimum Gasteiger partial charge on any atom is -0.505 e. The van der Waals surface area contributed by atoms with Gasteiger partial charge in [0.2, 0.25) is 5.91 Å². The zero-order valence-electron chi connectivity index (χ0n) is 17.2. The van der Waals surface area contributed by atoms with Gasteiger partial charge in [-0.3, -0.25) is 16.8 Å². The van der Waals surface area contributed by atoms with E-state index in [1.54, 1.807) is 24.4 Å². The molecule has 1 amide bonds. The molecular weight excluding hydrogens is 485 g/mol. The van der Waals surface area contributed by atoms with Crippen LogP contribution in [0.3, 0.4) is 0 Å². The molecule has 8 nitrogen and oxygen atoms in total. The van der Waals surface area contributed by atoms with Crippen LogP contribution in [0.5, 0.6) is 11.5 Å². The number of carbonyl (C=O) groups is 2. The molecule has 2 N–H and O–H groups in total. The monoisotopic (exact) mass is 505 g/mol. The molecule has 2 unspecified atom stereocenters. The van der Waals surface area contributed by atoms with Crippen molar-refractivity contribution in [3.63, 3.8) is 0 Å². The third-order valence-electron chi connectivity index (χ3n) is 4.80. The number of hydrogen-bond donors (Lipinski definition) is 2. The predicted octanol–water partition coefficient (Wildman–Crippen LogP) is 3.61. The van der Waals surface area contributed by atoms with E-state index in [-0.39, 0.29) is 44.7 Å². The summed E-state index contributed by atoms with van der Waals surface area (Å²) in [5.41, 5.74) is 1.83. The van der Waals surface area contributed by atoms with Gasteiger partial charge in [0.05, 0.1) is 11.6 Å². The van der Waals surface area contributed by atoms with Crippen LogP contribution in [0.2, 0.25) is 0 Å². The van der Waals surface area contributed by atoms with E-state index >= 15 is 0 Å². The number of aromatic amines is 1. The molecule has 0 bridgehead atoms. The summed E-state index contributed by atoms with van der Waals surface area (Å²) in [5.74, 6) is -0.414. The maximum Gasteiger partial charge on any atom is 0.335 e. The molecule has 9 heteroatoms. The zero-order valence-corrected chi connectivity index (χ0v) is 20.0. The van der Waals surface area contributed by atoms with Crippen molar-refractivity contribution < 1.29 is 52.1 Å². The van der Waals surface area contributed by atoms with Gasteiger partial charge in [0.25, 0.3) is 0 Å². The summed E-state index contributed by atoms with van der Waals surface area (Å²) in [6, 6.07) is 11.6. The van der Waals surface area contributed by atoms with E-state index in [1.807, 2.05) is 18.2 Å². The number of hydrogen-bond acceptors (Lipinski definition) is 5. The van der Waals surface area contributed by atoms with Gasteiger partial charge in [0.15, 0.2) is 0 Å². The van der Waals surface area contributed by atoms with Crippen molar-refractivity contribution in [3.05, 3.63) is 73.8 Å². The first-order chi connectivity index (χ1) is 14.8. The molecule has 161 valence electrons. The maximum absolute atomic E-state index is 12.6. The number of nitrogens with one attached hydrogen (secondary N) is 1. The van der Waals surface area contributed by atoms with E-state index in [2.05, 4.69) is 30.7 Å². The molecule has 3 rings (SSSR count). The number of H-pyrrole nitrogens is 1. The first-order valence-corrected chi connectivity index (χ1v) is 9.27. The van der Waals surface area contributed by atoms with Crippen molar-refractivity contribution in [2.75, 3.05) is 0 Å². The molecule has 0 saturated heterocycles. The quantitative estimate of drug-likeness (QED) is 0.358. The van der Waals surface area contributed by atoms with E-state index < -0.39 is 24.0 Å². The van der Waals surface area contributed by atoms with Gasteiger partial charge < -0.3 is 26.7 Å². The number of nitriles is 1. The number of carboxylic acids is 1. The first kappa shape index (κ1) is 25.2. The predicted molar refractivity (Wildman–Crippen MR) is 116 cm³/mol. The van der Waals surface area contributed by atoms with Gasteiger partial charge in [0, 0.05) is 56.2 Å². The summed E-state index contributed by atoms with van der Waals surface area (Å²) in [5, 5.41) is 18.8. The van der Waals surface area contributed by atoms with Crippen molar-refractivity contribution in [1.82, 2.24) is 9.88 Å². The summed E-state index contributed by atoms with van der Waals surface area (Å²) >= 11 is 0. The normalized spacial score (nSPS) is 12.2. The molecule has 0 aliphatic heterocycles. The maximum atomic E-state index is 12.6. The Morgan fingerprint density at radius 3 is 2.50 bits per heavy atom. The summed E-state index contributed by atoms with van der Waals surface area (Å²) < 4.78 is 5.84. The number of rotatable bonds is 8. The van der Waals surface area contributed by atoms with E-state index in [1.165, 1.54) is 12.1 Å². The number of benzene rings is 2. The topological polar surface area (TPSA) is 119 Å². The summed E-state index contributed by atoms with van der Waals surface area (Å²) in [7, 11) is 3.59. The Hall–Kier alpha value is -3.02. The second-order valence-electron chi connectivity index (χ2n) is 6.81. The number of carbonyl (C=O) groups excluding carboxylic acids is 1. The fraction of sp³-hybridized carbons (Fsp3) is 0.130. The summed E-state index contributed by atoms with van der Waals surface area (Å²) in [6.45, 7) is 7.07. The Balaban J connectivity index is 0.00000363. The molecule has 1 aromatic heterocycles. The number of ether oxygens (including phenoxy) is 1. The molecule has 3 aromatic rings. The number of carboxylic acid groups (broad SMARTS) is 1. The second kappa shape index (κ2) is 11.0. The van der Waals surface area contributed by atoms with Crippen LogP contribution in [-0.4, -0.2) is 45.7 Å². The minimum absolute atomic E-state index is 0. The van der Waals surface area contributed by atoms with Crippen molar-refractivity contribution in [2.24, 2.45) is 4.99 Å². The van der Waals surface area contributed by atoms with E-state index in [0.29, 0.717) is 11.5 Å². The second-order valence-corrected chi connectivity index (χ2v) is 6.81. The van der Waals surface area contributed by atoms with Crippen molar-refractivity contribution in [3.8, 4) is 17.6 Å². The minimum atomic E-state index is -1.01. The average Bonchev–Trinajstić information content (AvgIpc) is 3.18. The van der Waals surface area contributed by atoms with Crippen LogP contribution in [0, 0.1) is 25.3 Å². The van der Waals surface area contributed by atoms with Gasteiger partial charge in [-0.1, -0.05) is 0 Å². The Morgan fingerprint density at radius 2 is 1.91 bits per heavy atom. The molecule has 1 heterocycles. The van der Waals surface area contributed by atoms with Crippen LogP contribution in [-0.2, 0) is 43.9 Å². The summed E-state index contributed by atoms with van der Waals surface area (Å²) in [4.78, 5) is 31.6. The summed E-state index contributed by atoms with van der Waals surface area (Å²) in [6.07, 6.45) is 2.03. The van der Waals surface area contributed by atoms with Crippen molar-refractivity contribution >= 4 is 29.5 Å². The fourth-order valence-corrected chi connectivity index (χ4v) is 3.04. The Labute approximate surface area is 210 Å². The van der Waals surface area contributed by atoms with Crippen LogP contribution >= 0.6 is 0 Å². The number of aromatic carboxylic acids is 1. The van der Waals surface area contributed by atoms with Gasteiger partial charge in [-0.25, -0.2) is 4.79 Å². The van der Waals surface area contributed by atoms with Crippen LogP contribution < -0.4 is 4.74 Å². The van der Waals surface area contributed by atoms with Crippen molar-refractivity contribution in [1.29, 1.82) is 5.26 Å². The van der Waals surface area contributed by atoms with E-state index in [4.69, 9.17) is 15.1 Å². The standard InChI is InChI=1S/C23H20N4O4.Y/c1-14(12-24)27(3)22(28)21(25-2)10-16-13-26-20-9-8-18(11-19(16)20)31-17-6-4-15(5-7-17)23(29)30;/h4-9,11,13-14,21,26H,1-3,10H2,(H,29,30);/q-2;. The molecule has 0 fully saturated rings. The number of amides is 1. The fourth-order valence-electron chi connectivity index (χ4n) is 3.04. The zero-order chi connectivity index (χ0) is 22.5. The van der Waals surface area contributed by atoms with Gasteiger partial charge in [-0.15, -0.1) is 0 Å². The van der Waals surface area contributed by atoms with Gasteiger partial charge >= 0.3 is 5.97 Å². The third-order valence-corrected chi connectivity index (χ3v) is 4.80. The smallest absolute Gasteiger partial charge is 0.335 e. The number of aliphatic imine (C=N–C) groups is 1. The van der Waals surface area contributed by atoms with Crippen LogP contribution in [0.15, 0.2) is 53.7 Å². The number of nitrogens with zero attached hydrogens (tertiary/aromatic N) is 3. The molecule has 0 saturated carbocycles. The van der Waals surface area contributed by atoms with Gasteiger partial charge in [-0.2, -0.15) is 5.26 Å². The first-order valence-electron chi connectivity index (χ1n) is 9.27. The van der Waals surface area contributed by atoms with Gasteiger partial charge in [0.1, 0.15) is 17.5 Å². The van der Waals surface area contributed by atoms with Crippen LogP contribution in [0.1, 0.15) is 15.9 Å². The Bertz CT molecular complexity index is 1170. The molecular formula is C23H20N4O4Y-2. The van der Waals surface area contributed by atoms with E-state index in [9.17, 15) is 9.59 Å². The largest absolute Gasteiger partial charge is 0.505 e. The molecule has 0 aliphatic carbocycles. The Morgan fingerprint density at radius 1 is 1.25 bits per heavy atom. The molecule has 0 aliphatic rings. The Kier molecular flexibility index (Phi) is 8.70. The molecule has 0 spiro atoms. The third kappa shape index (κ3) is 5.61. The van der Waals surface area contributed by atoms with Crippen molar-refractivity contribution in [2.45, 2.75) is 18.5 Å². The molecule has 2 aromatic carbocycles. The molecule has 32 heavy (non-hydrogen) atoms. The molecule has 1 radical (unpaired) electrons. The number of aromatic nitrogens is 1.